The van der Waals surface area contributed by atoms with E-state index in [0.717, 1.165) is 6.33 Å². The molecule has 0 radical (unpaired) electrons. The van der Waals surface area contributed by atoms with E-state index < -0.39 is 5.91 Å². The van der Waals surface area contributed by atoms with Crippen LogP contribution in [0.15, 0.2) is 6.33 Å². The second-order valence-electron chi connectivity index (χ2n) is 1.89. The summed E-state index contributed by atoms with van der Waals surface area (Å²) in [4.78, 5) is 17.7. The van der Waals surface area contributed by atoms with Crippen LogP contribution in [0.3, 0.4) is 0 Å². The average Bonchev–Trinajstić information content (AvgIpc) is 1.94. The highest BCUT2D eigenvalue weighted by Gasteiger charge is 2.09. The van der Waals surface area contributed by atoms with E-state index in [2.05, 4.69) is 9.97 Å². The lowest BCUT2D eigenvalue weighted by molar-refractivity contribution is 0.0996. The number of hydrogen-bond donors (Lipinski definition) is 3. The van der Waals surface area contributed by atoms with Crippen LogP contribution < -0.4 is 17.2 Å². The van der Waals surface area contributed by atoms with Crippen molar-refractivity contribution in [2.75, 3.05) is 11.5 Å². The molecule has 0 spiro atoms. The van der Waals surface area contributed by atoms with Gasteiger partial charge in [-0.25, -0.2) is 9.97 Å². The summed E-state index contributed by atoms with van der Waals surface area (Å²) in [6.07, 6.45) is 1.13. The Morgan fingerprint density at radius 1 is 1.36 bits per heavy atom. The van der Waals surface area contributed by atoms with Gasteiger partial charge in [-0.05, 0) is 0 Å². The summed E-state index contributed by atoms with van der Waals surface area (Å²) >= 11 is 0. The van der Waals surface area contributed by atoms with E-state index in [0.29, 0.717) is 0 Å². The van der Waals surface area contributed by atoms with Crippen molar-refractivity contribution >= 4 is 17.4 Å². The van der Waals surface area contributed by atoms with Gasteiger partial charge in [0, 0.05) is 0 Å². The molecule has 6 nitrogen and oxygen atoms in total. The maximum Gasteiger partial charge on any atom is 0.269 e. The van der Waals surface area contributed by atoms with Crippen LogP contribution in [-0.4, -0.2) is 15.9 Å². The van der Waals surface area contributed by atoms with E-state index in [1.165, 1.54) is 0 Å². The summed E-state index contributed by atoms with van der Waals surface area (Å²) in [7, 11) is 0. The Bertz CT molecular complexity index is 297. The molecule has 1 rings (SSSR count). The van der Waals surface area contributed by atoms with Crippen LogP contribution in [0.25, 0.3) is 0 Å². The normalized spacial score (nSPS) is 9.45. The van der Waals surface area contributed by atoms with E-state index in [9.17, 15) is 4.79 Å². The number of nitrogens with two attached hydrogens (primary N) is 3. The molecule has 0 fully saturated rings. The number of rotatable bonds is 1. The summed E-state index contributed by atoms with van der Waals surface area (Å²) in [5, 5.41) is 0. The van der Waals surface area contributed by atoms with Gasteiger partial charge in [0.05, 0.1) is 0 Å². The fourth-order valence-corrected chi connectivity index (χ4v) is 0.606. The van der Waals surface area contributed by atoms with Gasteiger partial charge in [0.15, 0.2) is 11.5 Å². The zero-order valence-electron chi connectivity index (χ0n) is 5.61. The third-order valence-electron chi connectivity index (χ3n) is 1.15. The molecular formula is C5H7N5O. The first-order valence-corrected chi connectivity index (χ1v) is 2.78. The maximum absolute atomic E-state index is 10.6. The van der Waals surface area contributed by atoms with Gasteiger partial charge in [-0.3, -0.25) is 4.79 Å². The summed E-state index contributed by atoms with van der Waals surface area (Å²) < 4.78 is 0. The van der Waals surface area contributed by atoms with Crippen molar-refractivity contribution in [2.45, 2.75) is 0 Å². The Morgan fingerprint density at radius 2 is 2.00 bits per heavy atom. The predicted octanol–water partition coefficient (Wildman–Crippen LogP) is -1.26. The molecule has 0 atom stereocenters. The highest BCUT2D eigenvalue weighted by molar-refractivity contribution is 5.97. The molecule has 6 N–H and O–H groups in total. The van der Waals surface area contributed by atoms with Crippen LogP contribution >= 0.6 is 0 Å². The second-order valence-corrected chi connectivity index (χ2v) is 1.89. The molecule has 0 saturated carbocycles. The summed E-state index contributed by atoms with van der Waals surface area (Å²) in [6, 6.07) is 0. The van der Waals surface area contributed by atoms with Gasteiger partial charge in [-0.2, -0.15) is 0 Å². The number of anilines is 2. The third-order valence-corrected chi connectivity index (χ3v) is 1.15. The Kier molecular flexibility index (Phi) is 1.59. The highest BCUT2D eigenvalue weighted by Crippen LogP contribution is 2.12. The van der Waals surface area contributed by atoms with E-state index in [4.69, 9.17) is 17.2 Å². The van der Waals surface area contributed by atoms with E-state index in [1.54, 1.807) is 0 Å². The van der Waals surface area contributed by atoms with Crippen molar-refractivity contribution in [3.63, 3.8) is 0 Å². The fourth-order valence-electron chi connectivity index (χ4n) is 0.606. The van der Waals surface area contributed by atoms with Gasteiger partial charge in [-0.1, -0.05) is 0 Å². The monoisotopic (exact) mass is 153 g/mol. The molecule has 0 saturated heterocycles. The minimum atomic E-state index is -0.711. The third kappa shape index (κ3) is 1.18. The van der Waals surface area contributed by atoms with Gasteiger partial charge in [0.25, 0.3) is 5.91 Å². The second kappa shape index (κ2) is 2.41. The minimum Gasteiger partial charge on any atom is -0.394 e. The topological polar surface area (TPSA) is 121 Å². The first-order chi connectivity index (χ1) is 5.13. The molecule has 0 bridgehead atoms. The molecule has 11 heavy (non-hydrogen) atoms. The van der Waals surface area contributed by atoms with Crippen molar-refractivity contribution in [1.29, 1.82) is 0 Å². The number of nitrogens with zero attached hydrogens (tertiary/aromatic N) is 2. The van der Waals surface area contributed by atoms with Crippen LogP contribution in [0.4, 0.5) is 11.5 Å². The standard InChI is InChI=1S/C5H7N5O/c6-2-3(5(8)11)9-1-10-4(2)7/h1H,6H2,(H2,8,11)(H2,7,9,10). The Balaban J connectivity index is 3.27. The molecule has 58 valence electrons. The number of aromatic nitrogens is 2. The molecule has 0 aliphatic carbocycles. The first kappa shape index (κ1) is 7.26. The number of amides is 1. The van der Waals surface area contributed by atoms with Crippen molar-refractivity contribution in [3.8, 4) is 0 Å². The molecule has 0 aliphatic rings. The molecule has 1 aromatic heterocycles. The smallest absolute Gasteiger partial charge is 0.269 e. The molecule has 1 amide bonds. The molecule has 1 aromatic rings. The van der Waals surface area contributed by atoms with Crippen LogP contribution in [-0.2, 0) is 0 Å². The lowest BCUT2D eigenvalue weighted by Crippen LogP contribution is -2.17. The van der Waals surface area contributed by atoms with Gasteiger partial charge < -0.3 is 17.2 Å². The van der Waals surface area contributed by atoms with E-state index in [-0.39, 0.29) is 17.2 Å². The van der Waals surface area contributed by atoms with Gasteiger partial charge in [0.1, 0.15) is 12.0 Å². The SMILES string of the molecule is NC(=O)c1ncnc(N)c1N. The number of nitrogen functional groups attached to an aromatic ring is 2. The number of carbonyl (C=O) groups excluding carboxylic acids is 1. The average molecular weight is 153 g/mol. The predicted molar refractivity (Wildman–Crippen MR) is 39.4 cm³/mol. The van der Waals surface area contributed by atoms with Gasteiger partial charge >= 0.3 is 0 Å². The lowest BCUT2D eigenvalue weighted by Gasteiger charge is -2.00. The van der Waals surface area contributed by atoms with Crippen LogP contribution in [0.1, 0.15) is 10.5 Å². The lowest BCUT2D eigenvalue weighted by atomic mass is 10.3. The number of primary amides is 1. The Morgan fingerprint density at radius 3 is 2.45 bits per heavy atom. The van der Waals surface area contributed by atoms with Gasteiger partial charge in [0.2, 0.25) is 0 Å². The molecule has 6 heteroatoms. The Labute approximate surface area is 62.4 Å². The van der Waals surface area contributed by atoms with Crippen LogP contribution in [0, 0.1) is 0 Å². The number of carbonyl (C=O) groups is 1. The molecule has 0 unspecified atom stereocenters. The first-order valence-electron chi connectivity index (χ1n) is 2.78. The quantitative estimate of drug-likeness (QED) is 0.465. The van der Waals surface area contributed by atoms with E-state index in [1.807, 2.05) is 0 Å². The molecule has 0 aliphatic heterocycles. The zero-order valence-corrected chi connectivity index (χ0v) is 5.61. The van der Waals surface area contributed by atoms with Crippen molar-refractivity contribution in [3.05, 3.63) is 12.0 Å². The number of hydrogen-bond acceptors (Lipinski definition) is 5. The fraction of sp³-hybridized carbons (Fsp3) is 0. The zero-order chi connectivity index (χ0) is 8.43. The minimum absolute atomic E-state index is 0.0278. The van der Waals surface area contributed by atoms with Crippen LogP contribution in [0.2, 0.25) is 0 Å². The molecular weight excluding hydrogens is 146 g/mol. The summed E-state index contributed by atoms with van der Waals surface area (Å²) in [5.74, 6) is -0.648. The van der Waals surface area contributed by atoms with Crippen LogP contribution in [0.5, 0.6) is 0 Å². The molecule has 0 aromatic carbocycles. The summed E-state index contributed by atoms with van der Waals surface area (Å²) in [6.45, 7) is 0. The maximum atomic E-state index is 10.6. The summed E-state index contributed by atoms with van der Waals surface area (Å²) in [5.41, 5.74) is 15.5. The highest BCUT2D eigenvalue weighted by atomic mass is 16.1. The Hall–Kier alpha value is -1.85. The largest absolute Gasteiger partial charge is 0.394 e. The van der Waals surface area contributed by atoms with E-state index >= 15 is 0 Å². The van der Waals surface area contributed by atoms with Gasteiger partial charge in [-0.15, -0.1) is 0 Å². The van der Waals surface area contributed by atoms with Crippen molar-refractivity contribution < 1.29 is 4.79 Å². The molecule has 1 heterocycles. The van der Waals surface area contributed by atoms with Crippen molar-refractivity contribution in [1.82, 2.24) is 9.97 Å². The van der Waals surface area contributed by atoms with Crippen molar-refractivity contribution in [2.24, 2.45) is 5.73 Å².